The maximum Gasteiger partial charge on any atom is 0.248 e. The maximum absolute atomic E-state index is 12.7. The van der Waals surface area contributed by atoms with E-state index in [1.54, 1.807) is 35.6 Å². The molecular weight excluding hydrogens is 360 g/mol. The molecule has 1 atom stereocenters. The van der Waals surface area contributed by atoms with Gasteiger partial charge < -0.3 is 16.0 Å². The molecule has 3 aromatic rings. The first kappa shape index (κ1) is 17.5. The van der Waals surface area contributed by atoms with Gasteiger partial charge in [-0.2, -0.15) is 0 Å². The molecule has 0 aliphatic carbocycles. The summed E-state index contributed by atoms with van der Waals surface area (Å²) in [6.07, 6.45) is 1.81. The van der Waals surface area contributed by atoms with E-state index in [4.69, 9.17) is 10.7 Å². The van der Waals surface area contributed by atoms with Crippen molar-refractivity contribution in [3.8, 4) is 0 Å². The molecule has 6 nitrogen and oxygen atoms in total. The number of para-hydroxylation sites is 1. The van der Waals surface area contributed by atoms with Crippen molar-refractivity contribution >= 4 is 44.2 Å². The Hall–Kier alpha value is -2.93. The van der Waals surface area contributed by atoms with E-state index in [1.165, 1.54) is 0 Å². The van der Waals surface area contributed by atoms with Crippen molar-refractivity contribution in [3.63, 3.8) is 0 Å². The number of nitrogens with one attached hydrogen (secondary N) is 1. The van der Waals surface area contributed by atoms with E-state index in [2.05, 4.69) is 16.3 Å². The van der Waals surface area contributed by atoms with Crippen LogP contribution in [0.1, 0.15) is 23.2 Å². The maximum atomic E-state index is 12.7. The highest BCUT2D eigenvalue weighted by Crippen LogP contribution is 2.31. The smallest absolute Gasteiger partial charge is 0.248 e. The molecule has 2 heterocycles. The number of rotatable bonds is 4. The molecular formula is C20H20N4O2S. The zero-order chi connectivity index (χ0) is 18.8. The molecule has 2 amide bonds. The summed E-state index contributed by atoms with van der Waals surface area (Å²) in [5.74, 6) is -0.583. The minimum Gasteiger partial charge on any atom is -0.366 e. The summed E-state index contributed by atoms with van der Waals surface area (Å²) in [6, 6.07) is 14.7. The Morgan fingerprint density at radius 1 is 1.15 bits per heavy atom. The normalized spacial score (nSPS) is 17.0. The second-order valence-electron chi connectivity index (χ2n) is 6.68. The average molecular weight is 380 g/mol. The lowest BCUT2D eigenvalue weighted by Crippen LogP contribution is -2.40. The number of carbonyl (C=O) groups is 2. The van der Waals surface area contributed by atoms with E-state index < -0.39 is 5.91 Å². The first-order valence-electron chi connectivity index (χ1n) is 8.91. The Labute approximate surface area is 161 Å². The molecule has 4 rings (SSSR count). The van der Waals surface area contributed by atoms with E-state index in [0.29, 0.717) is 17.8 Å². The van der Waals surface area contributed by atoms with Gasteiger partial charge in [-0.1, -0.05) is 23.5 Å². The van der Waals surface area contributed by atoms with Crippen molar-refractivity contribution in [2.45, 2.75) is 12.8 Å². The Morgan fingerprint density at radius 3 is 2.67 bits per heavy atom. The SMILES string of the molecule is NC(=O)c1ccc(NC(=O)[C@H]2CCCN(c3nc4ccccc4s3)C2)cc1. The number of nitrogens with two attached hydrogens (primary N) is 1. The number of hydrogen-bond donors (Lipinski definition) is 2. The summed E-state index contributed by atoms with van der Waals surface area (Å²) in [7, 11) is 0. The van der Waals surface area contributed by atoms with Gasteiger partial charge in [0.1, 0.15) is 0 Å². The molecule has 3 N–H and O–H groups in total. The molecule has 1 aliphatic heterocycles. The summed E-state index contributed by atoms with van der Waals surface area (Å²) in [6.45, 7) is 1.57. The zero-order valence-electron chi connectivity index (χ0n) is 14.7. The van der Waals surface area contributed by atoms with Crippen molar-refractivity contribution in [2.24, 2.45) is 11.7 Å². The standard InChI is InChI=1S/C20H20N4O2S/c21-18(25)13-7-9-15(10-8-13)22-19(26)14-4-3-11-24(12-14)20-23-16-5-1-2-6-17(16)27-20/h1-2,5-10,14H,3-4,11-12H2,(H2,21,25)(H,22,26)/t14-/m0/s1. The minimum atomic E-state index is -0.480. The third-order valence-corrected chi connectivity index (χ3v) is 5.88. The second-order valence-corrected chi connectivity index (χ2v) is 7.69. The predicted octanol–water partition coefficient (Wildman–Crippen LogP) is 3.25. The lowest BCUT2D eigenvalue weighted by molar-refractivity contribution is -0.120. The van der Waals surface area contributed by atoms with Gasteiger partial charge in [-0.25, -0.2) is 4.98 Å². The molecule has 2 aromatic carbocycles. The van der Waals surface area contributed by atoms with Crippen LogP contribution in [0.3, 0.4) is 0 Å². The Balaban J connectivity index is 1.44. The fraction of sp³-hybridized carbons (Fsp3) is 0.250. The van der Waals surface area contributed by atoms with Gasteiger partial charge in [0.15, 0.2) is 5.13 Å². The quantitative estimate of drug-likeness (QED) is 0.727. The molecule has 7 heteroatoms. The summed E-state index contributed by atoms with van der Waals surface area (Å²) in [5, 5.41) is 3.91. The van der Waals surface area contributed by atoms with E-state index in [9.17, 15) is 9.59 Å². The van der Waals surface area contributed by atoms with Gasteiger partial charge in [-0.3, -0.25) is 9.59 Å². The van der Waals surface area contributed by atoms with E-state index >= 15 is 0 Å². The molecule has 138 valence electrons. The van der Waals surface area contributed by atoms with E-state index in [1.807, 2.05) is 18.2 Å². The number of thiazole rings is 1. The van der Waals surface area contributed by atoms with Crippen LogP contribution in [-0.2, 0) is 4.79 Å². The number of carbonyl (C=O) groups excluding carboxylic acids is 2. The lowest BCUT2D eigenvalue weighted by atomic mass is 9.97. The monoisotopic (exact) mass is 380 g/mol. The number of amides is 2. The average Bonchev–Trinajstić information content (AvgIpc) is 3.13. The predicted molar refractivity (Wildman–Crippen MR) is 108 cm³/mol. The number of nitrogens with zero attached hydrogens (tertiary/aromatic N) is 2. The Bertz CT molecular complexity index is 950. The molecule has 1 fully saturated rings. The number of anilines is 2. The van der Waals surface area contributed by atoms with Crippen LogP contribution in [0.15, 0.2) is 48.5 Å². The van der Waals surface area contributed by atoms with E-state index in [-0.39, 0.29) is 11.8 Å². The fourth-order valence-corrected chi connectivity index (χ4v) is 4.32. The van der Waals surface area contributed by atoms with Crippen molar-refractivity contribution in [2.75, 3.05) is 23.3 Å². The van der Waals surface area contributed by atoms with Gasteiger partial charge in [-0.15, -0.1) is 0 Å². The van der Waals surface area contributed by atoms with Crippen LogP contribution in [0.25, 0.3) is 10.2 Å². The fourth-order valence-electron chi connectivity index (χ4n) is 3.32. The number of primary amides is 1. The Kier molecular flexibility index (Phi) is 4.77. The largest absolute Gasteiger partial charge is 0.366 e. The molecule has 1 saturated heterocycles. The third kappa shape index (κ3) is 3.78. The van der Waals surface area contributed by atoms with Crippen LogP contribution in [-0.4, -0.2) is 29.9 Å². The molecule has 0 spiro atoms. The van der Waals surface area contributed by atoms with Crippen LogP contribution >= 0.6 is 11.3 Å². The highest BCUT2D eigenvalue weighted by atomic mass is 32.1. The molecule has 1 aliphatic rings. The molecule has 0 bridgehead atoms. The number of hydrogen-bond acceptors (Lipinski definition) is 5. The topological polar surface area (TPSA) is 88.3 Å². The second kappa shape index (κ2) is 7.36. The van der Waals surface area contributed by atoms with Gasteiger partial charge in [0.25, 0.3) is 0 Å². The molecule has 0 radical (unpaired) electrons. The Morgan fingerprint density at radius 2 is 1.93 bits per heavy atom. The van der Waals surface area contributed by atoms with Gasteiger partial charge in [-0.05, 0) is 49.2 Å². The molecule has 1 aromatic heterocycles. The summed E-state index contributed by atoms with van der Waals surface area (Å²) >= 11 is 1.67. The minimum absolute atomic E-state index is 0.00682. The van der Waals surface area contributed by atoms with Crippen LogP contribution in [0.5, 0.6) is 0 Å². The third-order valence-electron chi connectivity index (χ3n) is 4.78. The number of piperidine rings is 1. The molecule has 27 heavy (non-hydrogen) atoms. The lowest BCUT2D eigenvalue weighted by Gasteiger charge is -2.31. The number of aromatic nitrogens is 1. The summed E-state index contributed by atoms with van der Waals surface area (Å²) in [4.78, 5) is 30.7. The number of benzene rings is 2. The van der Waals surface area contributed by atoms with Crippen LogP contribution in [0.2, 0.25) is 0 Å². The zero-order valence-corrected chi connectivity index (χ0v) is 15.5. The van der Waals surface area contributed by atoms with Gasteiger partial charge in [0, 0.05) is 24.3 Å². The van der Waals surface area contributed by atoms with Crippen molar-refractivity contribution in [3.05, 3.63) is 54.1 Å². The van der Waals surface area contributed by atoms with Crippen molar-refractivity contribution in [1.29, 1.82) is 0 Å². The van der Waals surface area contributed by atoms with Gasteiger partial charge in [0.05, 0.1) is 16.1 Å². The van der Waals surface area contributed by atoms with Crippen LogP contribution < -0.4 is 16.0 Å². The van der Waals surface area contributed by atoms with Crippen LogP contribution in [0.4, 0.5) is 10.8 Å². The highest BCUT2D eigenvalue weighted by molar-refractivity contribution is 7.22. The summed E-state index contributed by atoms with van der Waals surface area (Å²) in [5.41, 5.74) is 7.33. The first-order valence-corrected chi connectivity index (χ1v) is 9.73. The summed E-state index contributed by atoms with van der Waals surface area (Å²) < 4.78 is 1.16. The number of fused-ring (bicyclic) bond motifs is 1. The van der Waals surface area contributed by atoms with E-state index in [0.717, 1.165) is 34.7 Å². The van der Waals surface area contributed by atoms with Crippen LogP contribution in [0, 0.1) is 5.92 Å². The molecule has 0 saturated carbocycles. The van der Waals surface area contributed by atoms with Crippen molar-refractivity contribution in [1.82, 2.24) is 4.98 Å². The van der Waals surface area contributed by atoms with Crippen molar-refractivity contribution < 1.29 is 9.59 Å². The first-order chi connectivity index (χ1) is 13.1. The highest BCUT2D eigenvalue weighted by Gasteiger charge is 2.27. The molecule has 0 unspecified atom stereocenters. The van der Waals surface area contributed by atoms with Gasteiger partial charge >= 0.3 is 0 Å². The van der Waals surface area contributed by atoms with Gasteiger partial charge in [0.2, 0.25) is 11.8 Å².